The third kappa shape index (κ3) is 3.75. The molecule has 0 saturated carbocycles. The van der Waals surface area contributed by atoms with Gasteiger partial charge in [-0.25, -0.2) is 9.78 Å². The third-order valence-electron chi connectivity index (χ3n) is 4.11. The van der Waals surface area contributed by atoms with Crippen LogP contribution in [0.4, 0.5) is 16.3 Å². The molecule has 1 unspecified atom stereocenters. The summed E-state index contributed by atoms with van der Waals surface area (Å²) in [6.07, 6.45) is 0.862. The molecular weight excluding hydrogens is 438 g/mol. The molecule has 3 heterocycles. The summed E-state index contributed by atoms with van der Waals surface area (Å²) in [5.41, 5.74) is 0.0234. The fourth-order valence-electron chi connectivity index (χ4n) is 2.99. The first-order chi connectivity index (χ1) is 13.7. The second-order valence-electron chi connectivity index (χ2n) is 7.30. The van der Waals surface area contributed by atoms with Crippen LogP contribution in [0, 0.1) is 0 Å². The minimum Gasteiger partial charge on any atom is -0.755 e. The number of aromatic nitrogens is 4. The number of thioether (sulfide) groups is 1. The zero-order valence-electron chi connectivity index (χ0n) is 15.8. The van der Waals surface area contributed by atoms with E-state index in [-0.39, 0.29) is 11.0 Å². The lowest BCUT2D eigenvalue weighted by Crippen LogP contribution is -2.27. The number of benzene rings is 1. The van der Waals surface area contributed by atoms with Gasteiger partial charge in [0, 0.05) is 17.7 Å². The fourth-order valence-corrected chi connectivity index (χ4v) is 4.92. The average Bonchev–Trinajstić information content (AvgIpc) is 3.29. The standard InChI is InChI=1S/C17H18ClN5O4S2/c1-17(2,3)27-16(24)22-12-8-11(5-4-10(12)9-19-22)23(29(25)26)14-13(18)20-15-21(14)6-7-28-15/h4-5,8-9H,6-7H2,1-3H3,(H,25,26)/p-1. The molecule has 0 amide bonds. The topological polar surface area (TPSA) is 105 Å². The van der Waals surface area contributed by atoms with Crippen molar-refractivity contribution in [1.82, 2.24) is 19.3 Å². The van der Waals surface area contributed by atoms with Crippen molar-refractivity contribution in [1.29, 1.82) is 0 Å². The number of ether oxygens (including phenoxy) is 1. The van der Waals surface area contributed by atoms with Crippen molar-refractivity contribution in [2.75, 3.05) is 10.1 Å². The van der Waals surface area contributed by atoms with Crippen LogP contribution in [0.5, 0.6) is 0 Å². The molecule has 0 fully saturated rings. The number of anilines is 2. The molecule has 29 heavy (non-hydrogen) atoms. The number of halogens is 1. The van der Waals surface area contributed by atoms with Crippen molar-refractivity contribution >= 4 is 63.1 Å². The SMILES string of the molecule is CC(C)(C)OC(=O)n1ncc2ccc(N(c3c(Cl)nc4n3CCS4)S(=O)[O-])cc21. The van der Waals surface area contributed by atoms with Gasteiger partial charge in [0.25, 0.3) is 0 Å². The van der Waals surface area contributed by atoms with Crippen molar-refractivity contribution < 1.29 is 18.3 Å². The first-order valence-electron chi connectivity index (χ1n) is 8.65. The zero-order valence-corrected chi connectivity index (χ0v) is 18.2. The van der Waals surface area contributed by atoms with Gasteiger partial charge >= 0.3 is 6.09 Å². The Labute approximate surface area is 178 Å². The van der Waals surface area contributed by atoms with Gasteiger partial charge in [0.15, 0.2) is 16.1 Å². The molecular formula is C17H17ClN5O4S2-. The molecule has 1 aliphatic rings. The van der Waals surface area contributed by atoms with Crippen LogP contribution >= 0.6 is 23.4 Å². The van der Waals surface area contributed by atoms with Gasteiger partial charge in [0.1, 0.15) is 5.60 Å². The maximum atomic E-state index is 12.5. The second-order valence-corrected chi connectivity index (χ2v) is 9.52. The van der Waals surface area contributed by atoms with Crippen molar-refractivity contribution in [3.05, 3.63) is 29.5 Å². The van der Waals surface area contributed by atoms with Crippen molar-refractivity contribution in [3.8, 4) is 0 Å². The van der Waals surface area contributed by atoms with E-state index in [1.165, 1.54) is 18.0 Å². The van der Waals surface area contributed by atoms with Crippen LogP contribution in [0.1, 0.15) is 20.8 Å². The maximum Gasteiger partial charge on any atom is 0.435 e. The lowest BCUT2D eigenvalue weighted by atomic mass is 10.2. The quantitative estimate of drug-likeness (QED) is 0.555. The Morgan fingerprint density at radius 1 is 1.41 bits per heavy atom. The summed E-state index contributed by atoms with van der Waals surface area (Å²) in [6, 6.07) is 4.86. The summed E-state index contributed by atoms with van der Waals surface area (Å²) in [6.45, 7) is 5.86. The van der Waals surface area contributed by atoms with E-state index in [2.05, 4.69) is 10.1 Å². The predicted molar refractivity (Wildman–Crippen MR) is 110 cm³/mol. The molecule has 12 heteroatoms. The van der Waals surface area contributed by atoms with Crippen LogP contribution in [0.3, 0.4) is 0 Å². The summed E-state index contributed by atoms with van der Waals surface area (Å²) in [7, 11) is 0. The number of hydrogen-bond acceptors (Lipinski definition) is 7. The van der Waals surface area contributed by atoms with E-state index in [0.29, 0.717) is 28.3 Å². The number of rotatable bonds is 3. The van der Waals surface area contributed by atoms with Crippen LogP contribution in [-0.4, -0.2) is 45.5 Å². The number of carbonyl (C=O) groups excluding carboxylic acids is 1. The van der Waals surface area contributed by atoms with Crippen LogP contribution in [0.25, 0.3) is 10.9 Å². The highest BCUT2D eigenvalue weighted by atomic mass is 35.5. The zero-order chi connectivity index (χ0) is 20.9. The van der Waals surface area contributed by atoms with E-state index >= 15 is 0 Å². The van der Waals surface area contributed by atoms with Gasteiger partial charge in [0.05, 0.1) is 28.7 Å². The summed E-state index contributed by atoms with van der Waals surface area (Å²) >= 11 is 5.09. The van der Waals surface area contributed by atoms with Crippen LogP contribution in [0.2, 0.25) is 5.15 Å². The maximum absolute atomic E-state index is 12.5. The minimum atomic E-state index is -2.67. The van der Waals surface area contributed by atoms with E-state index < -0.39 is 23.0 Å². The largest absolute Gasteiger partial charge is 0.755 e. The molecule has 9 nitrogen and oxygen atoms in total. The lowest BCUT2D eigenvalue weighted by molar-refractivity contribution is 0.0523. The van der Waals surface area contributed by atoms with E-state index in [4.69, 9.17) is 16.3 Å². The Hall–Kier alpha value is -2.08. The molecule has 0 bridgehead atoms. The van der Waals surface area contributed by atoms with Crippen LogP contribution < -0.4 is 4.31 Å². The molecule has 1 aromatic carbocycles. The van der Waals surface area contributed by atoms with Crippen molar-refractivity contribution in [2.45, 2.75) is 38.1 Å². The average molecular weight is 455 g/mol. The minimum absolute atomic E-state index is 0.0946. The van der Waals surface area contributed by atoms with E-state index in [0.717, 1.165) is 14.7 Å². The first kappa shape index (κ1) is 20.2. The molecule has 1 atom stereocenters. The number of hydrogen-bond donors (Lipinski definition) is 0. The van der Waals surface area contributed by atoms with Gasteiger partial charge in [-0.3, -0.25) is 8.51 Å². The molecule has 3 aromatic rings. The fraction of sp³-hybridized carbons (Fsp3) is 0.353. The Morgan fingerprint density at radius 3 is 2.86 bits per heavy atom. The summed E-state index contributed by atoms with van der Waals surface area (Å²) in [5, 5.41) is 5.51. The summed E-state index contributed by atoms with van der Waals surface area (Å²) < 4.78 is 33.6. The van der Waals surface area contributed by atoms with Gasteiger partial charge < -0.3 is 13.9 Å². The monoisotopic (exact) mass is 454 g/mol. The molecule has 0 spiro atoms. The normalized spacial score (nSPS) is 14.8. The summed E-state index contributed by atoms with van der Waals surface area (Å²) in [5.74, 6) is 1.05. The van der Waals surface area contributed by atoms with Crippen LogP contribution in [0.15, 0.2) is 29.6 Å². The molecule has 0 aliphatic carbocycles. The second kappa shape index (κ2) is 7.31. The third-order valence-corrected chi connectivity index (χ3v) is 6.00. The van der Waals surface area contributed by atoms with Gasteiger partial charge in [-0.15, -0.1) is 0 Å². The highest BCUT2D eigenvalue weighted by Crippen LogP contribution is 2.40. The lowest BCUT2D eigenvalue weighted by Gasteiger charge is -2.27. The van der Waals surface area contributed by atoms with Crippen molar-refractivity contribution in [3.63, 3.8) is 0 Å². The molecule has 1 aliphatic heterocycles. The Balaban J connectivity index is 1.81. The smallest absolute Gasteiger partial charge is 0.435 e. The Morgan fingerprint density at radius 2 is 2.17 bits per heavy atom. The van der Waals surface area contributed by atoms with Gasteiger partial charge in [-0.1, -0.05) is 23.4 Å². The highest BCUT2D eigenvalue weighted by Gasteiger charge is 2.27. The molecule has 0 radical (unpaired) electrons. The van der Waals surface area contributed by atoms with E-state index in [1.54, 1.807) is 43.5 Å². The van der Waals surface area contributed by atoms with E-state index in [9.17, 15) is 13.6 Å². The number of nitrogens with zero attached hydrogens (tertiary/aromatic N) is 5. The molecule has 0 saturated heterocycles. The molecule has 4 rings (SSSR count). The van der Waals surface area contributed by atoms with E-state index in [1.807, 2.05) is 0 Å². The molecule has 0 N–H and O–H groups in total. The first-order valence-corrected chi connectivity index (χ1v) is 11.0. The van der Waals surface area contributed by atoms with Gasteiger partial charge in [-0.2, -0.15) is 9.78 Å². The van der Waals surface area contributed by atoms with Gasteiger partial charge in [0.2, 0.25) is 0 Å². The summed E-state index contributed by atoms with van der Waals surface area (Å²) in [4.78, 5) is 16.7. The number of imidazole rings is 1. The molecule has 154 valence electrons. The highest BCUT2D eigenvalue weighted by molar-refractivity contribution is 7.99. The Kier molecular flexibility index (Phi) is 5.09. The van der Waals surface area contributed by atoms with Crippen molar-refractivity contribution in [2.24, 2.45) is 0 Å². The van der Waals surface area contributed by atoms with Gasteiger partial charge in [-0.05, 0) is 39.0 Å². The number of carbonyl (C=O) groups is 1. The Bertz CT molecular complexity index is 1140. The predicted octanol–water partition coefficient (Wildman–Crippen LogP) is 3.71. The molecule has 2 aromatic heterocycles. The van der Waals surface area contributed by atoms with Crippen LogP contribution in [-0.2, 0) is 22.5 Å². The number of fused-ring (bicyclic) bond motifs is 2.